The number of hydrogen-bond donors (Lipinski definition) is 3. The largest absolute Gasteiger partial charge is 0.496 e. The van der Waals surface area contributed by atoms with Gasteiger partial charge in [-0.15, -0.1) is 0 Å². The van der Waals surface area contributed by atoms with E-state index in [4.69, 9.17) is 4.74 Å². The van der Waals surface area contributed by atoms with E-state index in [1.807, 2.05) is 0 Å². The van der Waals surface area contributed by atoms with Gasteiger partial charge in [-0.05, 0) is 34.5 Å². The lowest BCUT2D eigenvalue weighted by Crippen LogP contribution is -2.15. The highest BCUT2D eigenvalue weighted by Gasteiger charge is 2.20. The van der Waals surface area contributed by atoms with Gasteiger partial charge in [-0.3, -0.25) is 10.00 Å². The van der Waals surface area contributed by atoms with E-state index in [1.54, 1.807) is 10.7 Å². The zero-order valence-electron chi connectivity index (χ0n) is 17.8. The maximum atomic E-state index is 11.6. The molecular formula is C20H23BrN6O5. The van der Waals surface area contributed by atoms with Gasteiger partial charge in [0, 0.05) is 12.1 Å². The number of aromatic nitrogens is 4. The molecule has 0 bridgehead atoms. The minimum Gasteiger partial charge on any atom is -0.496 e. The summed E-state index contributed by atoms with van der Waals surface area (Å²) in [6.45, 7) is 3.02. The van der Waals surface area contributed by atoms with Crippen LogP contribution in [0.5, 0.6) is 5.75 Å². The minimum absolute atomic E-state index is 0.0759. The lowest BCUT2D eigenvalue weighted by molar-refractivity contribution is 0.0696. The zero-order chi connectivity index (χ0) is 23.3. The molecule has 0 saturated heterocycles. The molecule has 32 heavy (non-hydrogen) atoms. The van der Waals surface area contributed by atoms with E-state index >= 15 is 0 Å². The van der Waals surface area contributed by atoms with Gasteiger partial charge in [0.15, 0.2) is 10.4 Å². The van der Waals surface area contributed by atoms with Crippen LogP contribution >= 0.6 is 15.9 Å². The number of aromatic carboxylic acids is 1. The van der Waals surface area contributed by atoms with Gasteiger partial charge in [0.2, 0.25) is 5.95 Å². The highest BCUT2D eigenvalue weighted by molar-refractivity contribution is 9.10. The maximum absolute atomic E-state index is 11.6. The Morgan fingerprint density at radius 3 is 2.69 bits per heavy atom. The first-order valence-electron chi connectivity index (χ1n) is 9.81. The van der Waals surface area contributed by atoms with Gasteiger partial charge in [-0.2, -0.15) is 10.1 Å². The number of unbranched alkanes of at least 4 members (excludes halogenated alkanes) is 1. The second-order valence-electron chi connectivity index (χ2n) is 6.77. The third kappa shape index (κ3) is 5.07. The summed E-state index contributed by atoms with van der Waals surface area (Å²) in [6.07, 6.45) is 1.23. The molecule has 3 N–H and O–H groups in total. The average Bonchev–Trinajstić information content (AvgIpc) is 3.09. The van der Waals surface area contributed by atoms with Crippen molar-refractivity contribution in [2.24, 2.45) is 0 Å². The number of anilines is 2. The number of carboxylic acid groups (broad SMARTS) is 1. The Labute approximate surface area is 192 Å². The Balaban J connectivity index is 2.07. The number of carbonyl (C=O) groups excluding carboxylic acids is 1. The van der Waals surface area contributed by atoms with E-state index in [1.165, 1.54) is 26.4 Å². The summed E-state index contributed by atoms with van der Waals surface area (Å²) in [4.78, 5) is 31.7. The number of halogens is 1. The molecule has 0 unspecified atom stereocenters. The predicted molar refractivity (Wildman–Crippen MR) is 122 cm³/mol. The van der Waals surface area contributed by atoms with Crippen LogP contribution in [0.3, 0.4) is 0 Å². The summed E-state index contributed by atoms with van der Waals surface area (Å²) in [5, 5.41) is 19.5. The van der Waals surface area contributed by atoms with Gasteiger partial charge in [-0.1, -0.05) is 19.4 Å². The highest BCUT2D eigenvalue weighted by Crippen LogP contribution is 2.30. The first-order valence-corrected chi connectivity index (χ1v) is 10.6. The quantitative estimate of drug-likeness (QED) is 0.370. The number of hydrogen-bond acceptors (Lipinski definition) is 8. The summed E-state index contributed by atoms with van der Waals surface area (Å²) >= 11 is 3.43. The molecule has 0 aliphatic carbocycles. The fourth-order valence-electron chi connectivity index (χ4n) is 3.04. The van der Waals surface area contributed by atoms with Crippen LogP contribution in [0, 0.1) is 0 Å². The molecule has 0 aliphatic rings. The van der Waals surface area contributed by atoms with Crippen LogP contribution in [0.1, 0.15) is 35.7 Å². The molecule has 3 aromatic rings. The summed E-state index contributed by atoms with van der Waals surface area (Å²) < 4.78 is 12.2. The Kier molecular flexibility index (Phi) is 7.46. The van der Waals surface area contributed by atoms with Crippen molar-refractivity contribution in [1.82, 2.24) is 19.7 Å². The van der Waals surface area contributed by atoms with E-state index in [0.717, 1.165) is 18.4 Å². The van der Waals surface area contributed by atoms with Crippen molar-refractivity contribution in [3.8, 4) is 5.75 Å². The van der Waals surface area contributed by atoms with Crippen LogP contribution in [0.25, 0.3) is 11.0 Å². The van der Waals surface area contributed by atoms with Crippen molar-refractivity contribution >= 4 is 50.8 Å². The van der Waals surface area contributed by atoms with Crippen molar-refractivity contribution in [3.05, 3.63) is 33.9 Å². The van der Waals surface area contributed by atoms with Gasteiger partial charge in [0.05, 0.1) is 26.3 Å². The minimum atomic E-state index is -1.04. The summed E-state index contributed by atoms with van der Waals surface area (Å²) in [5.41, 5.74) is 1.96. The van der Waals surface area contributed by atoms with Crippen LogP contribution < -0.4 is 15.4 Å². The first kappa shape index (κ1) is 23.3. The second kappa shape index (κ2) is 10.3. The molecule has 0 spiro atoms. The van der Waals surface area contributed by atoms with E-state index < -0.39 is 12.1 Å². The van der Waals surface area contributed by atoms with E-state index in [0.29, 0.717) is 33.7 Å². The fourth-order valence-corrected chi connectivity index (χ4v) is 3.50. The molecule has 3 rings (SSSR count). The van der Waals surface area contributed by atoms with Gasteiger partial charge < -0.3 is 19.9 Å². The van der Waals surface area contributed by atoms with Crippen molar-refractivity contribution in [2.75, 3.05) is 31.4 Å². The van der Waals surface area contributed by atoms with Crippen molar-refractivity contribution < 1.29 is 24.2 Å². The number of carbonyl (C=O) groups is 2. The standard InChI is InChI=1S/C20H23BrN6O5/c1-4-5-8-22-17-15-14(23-19(24-17)25-20(30)32-3)16(21)26-27(15)10-12-7-6-11(18(28)29)9-13(12)31-2/h6-7,9H,4-5,8,10H2,1-3H3,(H,28,29)(H2,22,23,24,25,30). The fraction of sp³-hybridized carbons (Fsp3) is 0.350. The lowest BCUT2D eigenvalue weighted by Gasteiger charge is -2.13. The Bertz CT molecular complexity index is 1150. The molecule has 170 valence electrons. The summed E-state index contributed by atoms with van der Waals surface area (Å²) in [7, 11) is 2.73. The van der Waals surface area contributed by atoms with E-state index in [2.05, 4.69) is 53.3 Å². The molecule has 0 atom stereocenters. The SMILES string of the molecule is CCCCNc1nc(NC(=O)OC)nc2c(Br)nn(Cc3ccc(C(=O)O)cc3OC)c12. The third-order valence-electron chi connectivity index (χ3n) is 4.62. The average molecular weight is 507 g/mol. The molecule has 0 fully saturated rings. The zero-order valence-corrected chi connectivity index (χ0v) is 19.4. The first-order chi connectivity index (χ1) is 15.4. The third-order valence-corrected chi connectivity index (χ3v) is 5.16. The van der Waals surface area contributed by atoms with Crippen molar-refractivity contribution in [1.29, 1.82) is 0 Å². The van der Waals surface area contributed by atoms with Crippen LogP contribution in [0.4, 0.5) is 16.6 Å². The Morgan fingerprint density at radius 2 is 2.03 bits per heavy atom. The molecule has 0 radical (unpaired) electrons. The topological polar surface area (TPSA) is 140 Å². The Morgan fingerprint density at radius 1 is 1.25 bits per heavy atom. The number of nitrogens with one attached hydrogen (secondary N) is 2. The van der Waals surface area contributed by atoms with E-state index in [-0.39, 0.29) is 18.1 Å². The smallest absolute Gasteiger partial charge is 0.413 e. The van der Waals surface area contributed by atoms with Crippen LogP contribution in [0.2, 0.25) is 0 Å². The van der Waals surface area contributed by atoms with Gasteiger partial charge in [-0.25, -0.2) is 14.6 Å². The maximum Gasteiger partial charge on any atom is 0.413 e. The molecular weight excluding hydrogens is 484 g/mol. The Hall–Kier alpha value is -3.41. The number of fused-ring (bicyclic) bond motifs is 1. The number of methoxy groups -OCH3 is 2. The number of benzene rings is 1. The number of amides is 1. The number of rotatable bonds is 9. The summed E-state index contributed by atoms with van der Waals surface area (Å²) in [5.74, 6) is -0.0418. The normalized spacial score (nSPS) is 10.8. The van der Waals surface area contributed by atoms with E-state index in [9.17, 15) is 14.7 Å². The summed E-state index contributed by atoms with van der Waals surface area (Å²) in [6, 6.07) is 4.66. The van der Waals surface area contributed by atoms with Crippen LogP contribution in [0.15, 0.2) is 22.8 Å². The molecule has 0 aliphatic heterocycles. The molecule has 2 heterocycles. The van der Waals surface area contributed by atoms with Gasteiger partial charge in [0.1, 0.15) is 16.8 Å². The van der Waals surface area contributed by atoms with Gasteiger partial charge in [0.25, 0.3) is 0 Å². The monoisotopic (exact) mass is 506 g/mol. The van der Waals surface area contributed by atoms with Crippen LogP contribution in [-0.2, 0) is 11.3 Å². The lowest BCUT2D eigenvalue weighted by atomic mass is 10.1. The number of carboxylic acids is 1. The molecule has 2 aromatic heterocycles. The predicted octanol–water partition coefficient (Wildman–Crippen LogP) is 3.73. The molecule has 12 heteroatoms. The highest BCUT2D eigenvalue weighted by atomic mass is 79.9. The molecule has 0 saturated carbocycles. The molecule has 1 amide bonds. The number of nitrogens with zero attached hydrogens (tertiary/aromatic N) is 4. The number of ether oxygens (including phenoxy) is 2. The van der Waals surface area contributed by atoms with Crippen molar-refractivity contribution in [2.45, 2.75) is 26.3 Å². The second-order valence-corrected chi connectivity index (χ2v) is 7.52. The molecule has 11 nitrogen and oxygen atoms in total. The molecule has 1 aromatic carbocycles. The van der Waals surface area contributed by atoms with Gasteiger partial charge >= 0.3 is 12.1 Å². The van der Waals surface area contributed by atoms with Crippen LogP contribution in [-0.4, -0.2) is 57.7 Å². The van der Waals surface area contributed by atoms with Crippen molar-refractivity contribution in [3.63, 3.8) is 0 Å².